The van der Waals surface area contributed by atoms with Crippen LogP contribution in [0.15, 0.2) is 29.6 Å². The lowest BCUT2D eigenvalue weighted by molar-refractivity contribution is 0.179. The molecule has 1 aromatic heterocycles. The van der Waals surface area contributed by atoms with Crippen molar-refractivity contribution >= 4 is 11.3 Å². The summed E-state index contributed by atoms with van der Waals surface area (Å²) in [5.74, 6) is 0. The Morgan fingerprint density at radius 2 is 2.04 bits per heavy atom. The molecule has 0 amide bonds. The van der Waals surface area contributed by atoms with E-state index < -0.39 is 6.17 Å². The van der Waals surface area contributed by atoms with Crippen LogP contribution in [-0.4, -0.2) is 52.2 Å². The lowest BCUT2D eigenvalue weighted by atomic mass is 10.1. The molecule has 1 N–H and O–H groups in total. The molecule has 0 radical (unpaired) electrons. The molecule has 1 aromatic carbocycles. The highest BCUT2D eigenvalue weighted by Gasteiger charge is 2.33. The first-order chi connectivity index (χ1) is 12.0. The van der Waals surface area contributed by atoms with Crippen molar-refractivity contribution in [2.24, 2.45) is 0 Å². The van der Waals surface area contributed by atoms with Crippen LogP contribution < -0.4 is 0 Å². The maximum Gasteiger partial charge on any atom is 0.114 e. The lowest BCUT2D eigenvalue weighted by Gasteiger charge is -2.28. The summed E-state index contributed by atoms with van der Waals surface area (Å²) in [4.78, 5) is 8.99. The molecule has 0 spiro atoms. The first-order valence-corrected chi connectivity index (χ1v) is 9.58. The number of aryl methyl sites for hydroxylation is 1. The molecule has 0 unspecified atom stereocenters. The second kappa shape index (κ2) is 8.36. The zero-order valence-electron chi connectivity index (χ0n) is 14.9. The van der Waals surface area contributed by atoms with Gasteiger partial charge in [0.1, 0.15) is 6.17 Å². The molecule has 0 saturated carbocycles. The largest absolute Gasteiger partial charge is 0.392 e. The van der Waals surface area contributed by atoms with Crippen molar-refractivity contribution in [1.29, 1.82) is 0 Å². The molecule has 25 heavy (non-hydrogen) atoms. The SMILES string of the molecule is Cc1nc(CN2C[C@@H](F)C[C@H]2CN(C)Cc2ccc(CO)cc2)cs1. The fourth-order valence-electron chi connectivity index (χ4n) is 3.48. The number of aromatic nitrogens is 1. The van der Waals surface area contributed by atoms with Crippen LogP contribution in [0.25, 0.3) is 0 Å². The number of nitrogens with zero attached hydrogens (tertiary/aromatic N) is 3. The van der Waals surface area contributed by atoms with Gasteiger partial charge in [-0.25, -0.2) is 9.37 Å². The zero-order valence-corrected chi connectivity index (χ0v) is 15.7. The number of halogens is 1. The lowest BCUT2D eigenvalue weighted by Crippen LogP contribution is -2.38. The Morgan fingerprint density at radius 1 is 1.32 bits per heavy atom. The maximum atomic E-state index is 14.0. The predicted molar refractivity (Wildman–Crippen MR) is 99.3 cm³/mol. The van der Waals surface area contributed by atoms with Gasteiger partial charge in [0, 0.05) is 37.6 Å². The molecule has 6 heteroatoms. The number of benzene rings is 1. The van der Waals surface area contributed by atoms with Gasteiger partial charge in [-0.05, 0) is 31.5 Å². The molecule has 1 saturated heterocycles. The molecule has 1 aliphatic rings. The Labute approximate surface area is 152 Å². The molecular formula is C19H26FN3OS. The number of aliphatic hydroxyl groups is 1. The Kier molecular flexibility index (Phi) is 6.17. The van der Waals surface area contributed by atoms with Crippen LogP contribution in [0.5, 0.6) is 0 Å². The van der Waals surface area contributed by atoms with Crippen LogP contribution in [0.4, 0.5) is 4.39 Å². The van der Waals surface area contributed by atoms with E-state index in [1.807, 2.05) is 31.2 Å². The van der Waals surface area contributed by atoms with Gasteiger partial charge in [-0.2, -0.15) is 0 Å². The highest BCUT2D eigenvalue weighted by molar-refractivity contribution is 7.09. The monoisotopic (exact) mass is 363 g/mol. The summed E-state index contributed by atoms with van der Waals surface area (Å²) in [6.07, 6.45) is -0.154. The first-order valence-electron chi connectivity index (χ1n) is 8.70. The van der Waals surface area contributed by atoms with Gasteiger partial charge in [0.05, 0.1) is 17.3 Å². The normalized spacial score (nSPS) is 21.3. The van der Waals surface area contributed by atoms with E-state index in [0.717, 1.165) is 35.9 Å². The highest BCUT2D eigenvalue weighted by Crippen LogP contribution is 2.24. The summed E-state index contributed by atoms with van der Waals surface area (Å²) >= 11 is 1.65. The van der Waals surface area contributed by atoms with Gasteiger partial charge in [-0.15, -0.1) is 11.3 Å². The number of likely N-dealkylation sites (N-methyl/N-ethyl adjacent to an activating group) is 1. The molecule has 2 heterocycles. The topological polar surface area (TPSA) is 39.6 Å². The van der Waals surface area contributed by atoms with E-state index in [0.29, 0.717) is 13.0 Å². The van der Waals surface area contributed by atoms with Crippen LogP contribution >= 0.6 is 11.3 Å². The third-order valence-electron chi connectivity index (χ3n) is 4.69. The Bertz CT molecular complexity index is 676. The van der Waals surface area contributed by atoms with Crippen LogP contribution in [0, 0.1) is 6.92 Å². The van der Waals surface area contributed by atoms with E-state index in [2.05, 4.69) is 27.2 Å². The van der Waals surface area contributed by atoms with Gasteiger partial charge in [0.15, 0.2) is 0 Å². The highest BCUT2D eigenvalue weighted by atomic mass is 32.1. The van der Waals surface area contributed by atoms with E-state index in [4.69, 9.17) is 5.11 Å². The predicted octanol–water partition coefficient (Wildman–Crippen LogP) is 2.99. The zero-order chi connectivity index (χ0) is 17.8. The van der Waals surface area contributed by atoms with Crippen molar-refractivity contribution in [2.45, 2.75) is 45.3 Å². The summed E-state index contributed by atoms with van der Waals surface area (Å²) in [5.41, 5.74) is 3.17. The van der Waals surface area contributed by atoms with E-state index in [1.54, 1.807) is 11.3 Å². The van der Waals surface area contributed by atoms with Crippen molar-refractivity contribution in [3.63, 3.8) is 0 Å². The summed E-state index contributed by atoms with van der Waals surface area (Å²) in [5, 5.41) is 12.3. The van der Waals surface area contributed by atoms with Crippen molar-refractivity contribution in [3.05, 3.63) is 51.5 Å². The van der Waals surface area contributed by atoms with Gasteiger partial charge in [0.2, 0.25) is 0 Å². The molecule has 3 rings (SSSR count). The maximum absolute atomic E-state index is 14.0. The summed E-state index contributed by atoms with van der Waals surface area (Å²) in [6, 6.07) is 8.22. The number of hydrogen-bond donors (Lipinski definition) is 1. The van der Waals surface area contributed by atoms with Gasteiger partial charge in [-0.3, -0.25) is 4.90 Å². The number of aliphatic hydroxyl groups excluding tert-OH is 1. The van der Waals surface area contributed by atoms with Crippen molar-refractivity contribution in [2.75, 3.05) is 20.1 Å². The summed E-state index contributed by atoms with van der Waals surface area (Å²) in [7, 11) is 2.08. The number of likely N-dealkylation sites (tertiary alicyclic amines) is 1. The fraction of sp³-hybridized carbons (Fsp3) is 0.526. The van der Waals surface area contributed by atoms with E-state index in [9.17, 15) is 4.39 Å². The van der Waals surface area contributed by atoms with E-state index in [1.165, 1.54) is 5.56 Å². The van der Waals surface area contributed by atoms with Crippen molar-refractivity contribution in [1.82, 2.24) is 14.8 Å². The van der Waals surface area contributed by atoms with Gasteiger partial charge < -0.3 is 10.0 Å². The summed E-state index contributed by atoms with van der Waals surface area (Å²) < 4.78 is 14.0. The third kappa shape index (κ3) is 5.07. The number of rotatable bonds is 7. The van der Waals surface area contributed by atoms with Gasteiger partial charge in [0.25, 0.3) is 0 Å². The summed E-state index contributed by atoms with van der Waals surface area (Å²) in [6.45, 7) is 4.97. The minimum atomic E-state index is -0.748. The second-order valence-corrected chi connectivity index (χ2v) is 8.01. The molecule has 1 aliphatic heterocycles. The molecule has 0 aliphatic carbocycles. The van der Waals surface area contributed by atoms with Crippen LogP contribution in [-0.2, 0) is 19.7 Å². The third-order valence-corrected chi connectivity index (χ3v) is 5.51. The quantitative estimate of drug-likeness (QED) is 0.821. The average Bonchev–Trinajstić information content (AvgIpc) is 3.14. The van der Waals surface area contributed by atoms with Crippen LogP contribution in [0.1, 0.15) is 28.2 Å². The Balaban J connectivity index is 1.57. The molecule has 4 nitrogen and oxygen atoms in total. The van der Waals surface area contributed by atoms with E-state index in [-0.39, 0.29) is 12.6 Å². The number of hydrogen-bond acceptors (Lipinski definition) is 5. The standard InChI is InChI=1S/C19H26FN3OS/c1-14-21-18(13-25-14)10-23-9-17(20)7-19(23)11-22(2)8-15-3-5-16(12-24)6-4-15/h3-6,13,17,19,24H,7-12H2,1-2H3/t17-,19-/m0/s1. The minimum absolute atomic E-state index is 0.0706. The second-order valence-electron chi connectivity index (χ2n) is 6.95. The molecule has 0 bridgehead atoms. The first kappa shape index (κ1) is 18.5. The Hall–Kier alpha value is -1.34. The fourth-order valence-corrected chi connectivity index (χ4v) is 4.08. The molecule has 136 valence electrons. The van der Waals surface area contributed by atoms with Gasteiger partial charge >= 0.3 is 0 Å². The Morgan fingerprint density at radius 3 is 2.68 bits per heavy atom. The minimum Gasteiger partial charge on any atom is -0.392 e. The number of alkyl halides is 1. The average molecular weight is 364 g/mol. The number of thiazole rings is 1. The van der Waals surface area contributed by atoms with Crippen LogP contribution in [0.3, 0.4) is 0 Å². The van der Waals surface area contributed by atoms with E-state index >= 15 is 0 Å². The smallest absolute Gasteiger partial charge is 0.114 e. The van der Waals surface area contributed by atoms with Crippen LogP contribution in [0.2, 0.25) is 0 Å². The molecule has 2 atom stereocenters. The van der Waals surface area contributed by atoms with Crippen molar-refractivity contribution in [3.8, 4) is 0 Å². The van der Waals surface area contributed by atoms with Crippen molar-refractivity contribution < 1.29 is 9.50 Å². The molecular weight excluding hydrogens is 337 g/mol. The van der Waals surface area contributed by atoms with Gasteiger partial charge in [-0.1, -0.05) is 24.3 Å². The molecule has 1 fully saturated rings. The molecule has 2 aromatic rings.